The maximum atomic E-state index is 6.00. The Morgan fingerprint density at radius 2 is 2.45 bits per heavy atom. The number of nitrogens with two attached hydrogens (primary N) is 1. The largest absolute Gasteiger partial charge is 0.476 e. The summed E-state index contributed by atoms with van der Waals surface area (Å²) in [6, 6.07) is 3.48. The van der Waals surface area contributed by atoms with E-state index < -0.39 is 0 Å². The molecule has 2 heterocycles. The van der Waals surface area contributed by atoms with Crippen molar-refractivity contribution in [3.05, 3.63) is 23.4 Å². The fourth-order valence-electron chi connectivity index (χ4n) is 2.26. The Hall–Kier alpha value is -1.49. The molecule has 1 fully saturated rings. The van der Waals surface area contributed by atoms with Crippen molar-refractivity contribution in [3.63, 3.8) is 0 Å². The number of guanidine groups is 1. The molecule has 1 aliphatic heterocycles. The first kappa shape index (κ1) is 14.9. The fourth-order valence-corrected chi connectivity index (χ4v) is 2.37. The van der Waals surface area contributed by atoms with Crippen LogP contribution in [0.5, 0.6) is 5.88 Å². The molecule has 5 nitrogen and oxygen atoms in total. The van der Waals surface area contributed by atoms with E-state index in [1.807, 2.05) is 0 Å². The molecule has 2 N–H and O–H groups in total. The third-order valence-corrected chi connectivity index (χ3v) is 3.52. The Bertz CT molecular complexity index is 449. The summed E-state index contributed by atoms with van der Waals surface area (Å²) in [6.45, 7) is 5.22. The van der Waals surface area contributed by atoms with Crippen molar-refractivity contribution in [1.29, 1.82) is 0 Å². The van der Waals surface area contributed by atoms with Gasteiger partial charge in [-0.3, -0.25) is 0 Å². The molecule has 1 aromatic rings. The van der Waals surface area contributed by atoms with Gasteiger partial charge in [-0.1, -0.05) is 18.5 Å². The highest BCUT2D eigenvalue weighted by atomic mass is 35.5. The predicted octanol–water partition coefficient (Wildman–Crippen LogP) is 2.16. The molecule has 2 rings (SSSR count). The Morgan fingerprint density at radius 3 is 3.15 bits per heavy atom. The van der Waals surface area contributed by atoms with Gasteiger partial charge in [-0.05, 0) is 24.8 Å². The average molecular weight is 297 g/mol. The monoisotopic (exact) mass is 296 g/mol. The van der Waals surface area contributed by atoms with Crippen molar-refractivity contribution in [2.75, 3.05) is 26.2 Å². The molecule has 6 heteroatoms. The van der Waals surface area contributed by atoms with Gasteiger partial charge in [0.05, 0.1) is 11.6 Å². The summed E-state index contributed by atoms with van der Waals surface area (Å²) in [5.41, 5.74) is 6.00. The van der Waals surface area contributed by atoms with Crippen LogP contribution < -0.4 is 10.5 Å². The number of hydrogen-bond acceptors (Lipinski definition) is 3. The van der Waals surface area contributed by atoms with Crippen molar-refractivity contribution < 1.29 is 4.74 Å². The van der Waals surface area contributed by atoms with E-state index in [-0.39, 0.29) is 0 Å². The maximum Gasteiger partial charge on any atom is 0.213 e. The standard InChI is InChI=1S/C14H21ClN4O/c1-11-3-2-7-19(10-11)14(16)17-6-8-20-13-5-4-12(15)9-18-13/h4-5,9,11H,2-3,6-8,10H2,1H3,(H2,16,17). The molecule has 1 aliphatic rings. The maximum absolute atomic E-state index is 6.00. The molecule has 0 spiro atoms. The first-order valence-electron chi connectivity index (χ1n) is 6.94. The van der Waals surface area contributed by atoms with Crippen LogP contribution in [0.4, 0.5) is 0 Å². The lowest BCUT2D eigenvalue weighted by molar-refractivity contribution is 0.268. The lowest BCUT2D eigenvalue weighted by Crippen LogP contribution is -2.43. The van der Waals surface area contributed by atoms with E-state index >= 15 is 0 Å². The van der Waals surface area contributed by atoms with Gasteiger partial charge < -0.3 is 15.4 Å². The minimum Gasteiger partial charge on any atom is -0.476 e. The third-order valence-electron chi connectivity index (χ3n) is 3.30. The van der Waals surface area contributed by atoms with E-state index in [9.17, 15) is 0 Å². The molecule has 1 unspecified atom stereocenters. The van der Waals surface area contributed by atoms with Crippen molar-refractivity contribution in [3.8, 4) is 5.88 Å². The van der Waals surface area contributed by atoms with Gasteiger partial charge >= 0.3 is 0 Å². The fraction of sp³-hybridized carbons (Fsp3) is 0.571. The van der Waals surface area contributed by atoms with Crippen LogP contribution >= 0.6 is 11.6 Å². The van der Waals surface area contributed by atoms with E-state index in [1.54, 1.807) is 18.3 Å². The van der Waals surface area contributed by atoms with E-state index in [0.717, 1.165) is 13.1 Å². The van der Waals surface area contributed by atoms with Crippen LogP contribution in [0.25, 0.3) is 0 Å². The number of hydrogen-bond donors (Lipinski definition) is 1. The van der Waals surface area contributed by atoms with Crippen molar-refractivity contribution >= 4 is 17.6 Å². The predicted molar refractivity (Wildman–Crippen MR) is 81.2 cm³/mol. The lowest BCUT2D eigenvalue weighted by Gasteiger charge is -2.31. The van der Waals surface area contributed by atoms with Crippen LogP contribution in [0, 0.1) is 5.92 Å². The Kier molecular flexibility index (Phi) is 5.47. The summed E-state index contributed by atoms with van der Waals surface area (Å²) in [5, 5.41) is 0.596. The van der Waals surface area contributed by atoms with Gasteiger partial charge in [0.25, 0.3) is 0 Å². The van der Waals surface area contributed by atoms with E-state index in [4.69, 9.17) is 22.1 Å². The Balaban J connectivity index is 1.73. The van der Waals surface area contributed by atoms with Gasteiger partial charge in [0.1, 0.15) is 6.61 Å². The summed E-state index contributed by atoms with van der Waals surface area (Å²) < 4.78 is 5.47. The molecule has 0 amide bonds. The van der Waals surface area contributed by atoms with Gasteiger partial charge in [-0.2, -0.15) is 0 Å². The Labute approximate surface area is 124 Å². The molecule has 0 radical (unpaired) electrons. The minimum absolute atomic E-state index is 0.457. The number of ether oxygens (including phenoxy) is 1. The molecular formula is C14H21ClN4O. The molecule has 0 aromatic carbocycles. The normalized spacial score (nSPS) is 20.0. The van der Waals surface area contributed by atoms with Gasteiger partial charge in [-0.15, -0.1) is 0 Å². The topological polar surface area (TPSA) is 63.7 Å². The van der Waals surface area contributed by atoms with Crippen LogP contribution in [0.2, 0.25) is 5.02 Å². The zero-order valence-electron chi connectivity index (χ0n) is 11.8. The molecule has 1 atom stereocenters. The van der Waals surface area contributed by atoms with Gasteiger partial charge in [0, 0.05) is 25.4 Å². The van der Waals surface area contributed by atoms with Crippen LogP contribution in [-0.4, -0.2) is 42.1 Å². The number of aliphatic imine (C=N–C) groups is 1. The van der Waals surface area contributed by atoms with Crippen LogP contribution in [0.1, 0.15) is 19.8 Å². The minimum atomic E-state index is 0.457. The third kappa shape index (κ3) is 4.56. The number of pyridine rings is 1. The summed E-state index contributed by atoms with van der Waals surface area (Å²) in [7, 11) is 0. The number of rotatable bonds is 4. The van der Waals surface area contributed by atoms with Crippen molar-refractivity contribution in [1.82, 2.24) is 9.88 Å². The number of piperidine rings is 1. The van der Waals surface area contributed by atoms with E-state index in [2.05, 4.69) is 21.8 Å². The highest BCUT2D eigenvalue weighted by Crippen LogP contribution is 2.15. The van der Waals surface area contributed by atoms with E-state index in [0.29, 0.717) is 35.9 Å². The van der Waals surface area contributed by atoms with Crippen LogP contribution in [0.3, 0.4) is 0 Å². The van der Waals surface area contributed by atoms with Crippen molar-refractivity contribution in [2.24, 2.45) is 16.6 Å². The highest BCUT2D eigenvalue weighted by Gasteiger charge is 2.17. The van der Waals surface area contributed by atoms with Gasteiger partial charge in [0.2, 0.25) is 5.88 Å². The second-order valence-electron chi connectivity index (χ2n) is 5.10. The molecule has 20 heavy (non-hydrogen) atoms. The number of likely N-dealkylation sites (tertiary alicyclic amines) is 1. The molecule has 0 bridgehead atoms. The Morgan fingerprint density at radius 1 is 1.60 bits per heavy atom. The second kappa shape index (κ2) is 7.33. The van der Waals surface area contributed by atoms with Crippen LogP contribution in [-0.2, 0) is 0 Å². The van der Waals surface area contributed by atoms with Crippen LogP contribution in [0.15, 0.2) is 23.3 Å². The van der Waals surface area contributed by atoms with Gasteiger partial charge in [-0.25, -0.2) is 9.98 Å². The average Bonchev–Trinajstić information content (AvgIpc) is 2.45. The number of halogens is 1. The highest BCUT2D eigenvalue weighted by molar-refractivity contribution is 6.30. The zero-order valence-corrected chi connectivity index (χ0v) is 12.5. The quantitative estimate of drug-likeness (QED) is 0.525. The van der Waals surface area contributed by atoms with Gasteiger partial charge in [0.15, 0.2) is 5.96 Å². The SMILES string of the molecule is CC1CCCN(C(N)=NCCOc2ccc(Cl)cn2)C1. The van der Waals surface area contributed by atoms with E-state index in [1.165, 1.54) is 12.8 Å². The lowest BCUT2D eigenvalue weighted by atomic mass is 10.0. The number of nitrogens with zero attached hydrogens (tertiary/aromatic N) is 3. The number of aromatic nitrogens is 1. The molecule has 1 saturated heterocycles. The first-order chi connectivity index (χ1) is 9.65. The van der Waals surface area contributed by atoms with Crippen molar-refractivity contribution in [2.45, 2.75) is 19.8 Å². The smallest absolute Gasteiger partial charge is 0.213 e. The first-order valence-corrected chi connectivity index (χ1v) is 7.32. The zero-order chi connectivity index (χ0) is 14.4. The molecule has 0 saturated carbocycles. The second-order valence-corrected chi connectivity index (χ2v) is 5.53. The summed E-state index contributed by atoms with van der Waals surface area (Å²) >= 11 is 5.75. The molecule has 110 valence electrons. The molecule has 1 aromatic heterocycles. The molecule has 0 aliphatic carbocycles. The summed E-state index contributed by atoms with van der Waals surface area (Å²) in [4.78, 5) is 10.6. The summed E-state index contributed by atoms with van der Waals surface area (Å²) in [6.07, 6.45) is 4.02. The summed E-state index contributed by atoms with van der Waals surface area (Å²) in [5.74, 6) is 1.85. The molecular weight excluding hydrogens is 276 g/mol.